The Labute approximate surface area is 193 Å². The van der Waals surface area contributed by atoms with Gasteiger partial charge >= 0.3 is 0 Å². The summed E-state index contributed by atoms with van der Waals surface area (Å²) in [5, 5.41) is 2.10. The van der Waals surface area contributed by atoms with Crippen molar-refractivity contribution in [3.05, 3.63) is 58.1 Å². The van der Waals surface area contributed by atoms with Gasteiger partial charge in [-0.15, -0.1) is 0 Å². The number of fused-ring (bicyclic) bond motifs is 2. The van der Waals surface area contributed by atoms with Crippen LogP contribution >= 0.6 is 23.1 Å². The molecule has 3 aromatic rings. The summed E-state index contributed by atoms with van der Waals surface area (Å²) in [6.45, 7) is 10.1. The highest BCUT2D eigenvalue weighted by Crippen LogP contribution is 2.32. The van der Waals surface area contributed by atoms with Gasteiger partial charge in [-0.3, -0.25) is 4.79 Å². The molecule has 2 aromatic carbocycles. The maximum Gasteiger partial charge on any atom is 0.150 e. The number of hydrogen-bond donors (Lipinski definition) is 0. The van der Waals surface area contributed by atoms with Crippen LogP contribution < -0.4 is 4.90 Å². The quantitative estimate of drug-likeness (QED) is 0.514. The largest absolute Gasteiger partial charge is 0.344 e. The molecule has 2 heterocycles. The number of hydrogen-bond acceptors (Lipinski definition) is 4. The summed E-state index contributed by atoms with van der Waals surface area (Å²) in [7, 11) is 0. The van der Waals surface area contributed by atoms with Crippen molar-refractivity contribution in [1.29, 1.82) is 0 Å². The fraction of sp³-hybridized carbons (Fsp3) is 0.440. The summed E-state index contributed by atoms with van der Waals surface area (Å²) >= 11 is 8.21. The molecule has 0 radical (unpaired) electrons. The maximum atomic E-state index is 11.8. The number of benzene rings is 2. The molecule has 6 heteroatoms. The number of ketones is 1. The Balaban J connectivity index is 1.31. The van der Waals surface area contributed by atoms with Gasteiger partial charge in [0.05, 0.1) is 43.5 Å². The fourth-order valence-corrected chi connectivity index (χ4v) is 6.31. The highest BCUT2D eigenvalue weighted by molar-refractivity contribution is 7.13. The van der Waals surface area contributed by atoms with Gasteiger partial charge in [-0.1, -0.05) is 29.8 Å². The minimum Gasteiger partial charge on any atom is -0.344 e. The van der Waals surface area contributed by atoms with Crippen LogP contribution in [0.1, 0.15) is 30.5 Å². The van der Waals surface area contributed by atoms with Gasteiger partial charge in [-0.05, 0) is 60.3 Å². The predicted octanol–water partition coefficient (Wildman–Crippen LogP) is 4.91. The molecule has 1 saturated heterocycles. The highest BCUT2D eigenvalue weighted by Gasteiger charge is 2.36. The third-order valence-corrected chi connectivity index (χ3v) is 8.52. The van der Waals surface area contributed by atoms with Crippen LogP contribution in [0.5, 0.6) is 0 Å². The molecule has 0 unspecified atom stereocenters. The van der Waals surface area contributed by atoms with Crippen LogP contribution in [0.25, 0.3) is 10.1 Å². The van der Waals surface area contributed by atoms with E-state index in [1.165, 1.54) is 21.2 Å². The van der Waals surface area contributed by atoms with Gasteiger partial charge in [0, 0.05) is 29.7 Å². The molecule has 5 rings (SSSR count). The van der Waals surface area contributed by atoms with Crippen LogP contribution in [0, 0.1) is 0 Å². The van der Waals surface area contributed by atoms with E-state index in [9.17, 15) is 4.79 Å². The predicted molar refractivity (Wildman–Crippen MR) is 129 cm³/mol. The summed E-state index contributed by atoms with van der Waals surface area (Å²) < 4.78 is 7.14. The Morgan fingerprint density at radius 3 is 2.58 bits per heavy atom. The van der Waals surface area contributed by atoms with E-state index >= 15 is 0 Å². The van der Waals surface area contributed by atoms with E-state index in [4.69, 9.17) is 16.0 Å². The maximum absolute atomic E-state index is 11.8. The third kappa shape index (κ3) is 3.88. The first-order valence-corrected chi connectivity index (χ1v) is 12.4. The van der Waals surface area contributed by atoms with E-state index in [1.54, 1.807) is 11.5 Å². The molecular weight excluding hydrogens is 426 g/mol. The Morgan fingerprint density at radius 1 is 1.13 bits per heavy atom. The van der Waals surface area contributed by atoms with Crippen molar-refractivity contribution in [1.82, 2.24) is 4.37 Å². The number of quaternary nitrogens is 1. The van der Waals surface area contributed by atoms with Crippen molar-refractivity contribution in [2.45, 2.75) is 39.2 Å². The molecule has 1 aliphatic carbocycles. The second-order valence-corrected chi connectivity index (χ2v) is 10.5. The van der Waals surface area contributed by atoms with Crippen molar-refractivity contribution in [3.63, 3.8) is 0 Å². The van der Waals surface area contributed by atoms with Gasteiger partial charge in [0.2, 0.25) is 0 Å². The van der Waals surface area contributed by atoms with Crippen LogP contribution in [0.3, 0.4) is 0 Å². The number of halogens is 1. The second kappa shape index (κ2) is 8.19. The van der Waals surface area contributed by atoms with E-state index in [-0.39, 0.29) is 0 Å². The number of anilines is 1. The molecule has 1 aromatic heterocycles. The second-order valence-electron chi connectivity index (χ2n) is 9.33. The van der Waals surface area contributed by atoms with Crippen LogP contribution in [-0.2, 0) is 24.1 Å². The Morgan fingerprint density at radius 2 is 1.84 bits per heavy atom. The van der Waals surface area contributed by atoms with Crippen LogP contribution in [0.2, 0.25) is 5.02 Å². The molecule has 4 nitrogen and oxygen atoms in total. The van der Waals surface area contributed by atoms with E-state index in [2.05, 4.69) is 49.1 Å². The lowest BCUT2D eigenvalue weighted by molar-refractivity contribution is -0.948. The summed E-state index contributed by atoms with van der Waals surface area (Å²) in [6, 6.07) is 13.3. The molecule has 0 saturated carbocycles. The first-order valence-electron chi connectivity index (χ1n) is 11.2. The molecule has 162 valence electrons. The zero-order chi connectivity index (χ0) is 21.6. The lowest BCUT2D eigenvalue weighted by Gasteiger charge is -2.48. The zero-order valence-electron chi connectivity index (χ0n) is 18.2. The molecular formula is C25H29ClN3OS+. The van der Waals surface area contributed by atoms with Gasteiger partial charge in [0.1, 0.15) is 5.78 Å². The normalized spacial score (nSPS) is 18.2. The molecule has 0 bridgehead atoms. The third-order valence-electron chi connectivity index (χ3n) is 7.35. The summed E-state index contributed by atoms with van der Waals surface area (Å²) in [6.07, 6.45) is 2.07. The molecule has 1 fully saturated rings. The number of carbonyl (C=O) groups is 1. The highest BCUT2D eigenvalue weighted by atomic mass is 35.5. The minimum absolute atomic E-state index is 0.305. The number of carbonyl (C=O) groups excluding carboxylic acids is 1. The molecule has 1 aliphatic heterocycles. The summed E-state index contributed by atoms with van der Waals surface area (Å²) in [5.74, 6) is 1.45. The lowest BCUT2D eigenvalue weighted by atomic mass is 10.0. The van der Waals surface area contributed by atoms with Crippen molar-refractivity contribution < 1.29 is 9.28 Å². The molecule has 0 atom stereocenters. The molecule has 2 aliphatic rings. The number of rotatable bonds is 5. The van der Waals surface area contributed by atoms with E-state index < -0.39 is 0 Å². The van der Waals surface area contributed by atoms with E-state index in [1.807, 2.05) is 6.07 Å². The Bertz CT molecular complexity index is 1130. The van der Waals surface area contributed by atoms with E-state index in [0.717, 1.165) is 60.0 Å². The van der Waals surface area contributed by atoms with Crippen molar-refractivity contribution in [2.75, 3.05) is 37.6 Å². The first kappa shape index (κ1) is 20.9. The Hall–Kier alpha value is -1.95. The van der Waals surface area contributed by atoms with Crippen molar-refractivity contribution in [2.24, 2.45) is 0 Å². The topological polar surface area (TPSA) is 33.2 Å². The zero-order valence-corrected chi connectivity index (χ0v) is 19.8. The van der Waals surface area contributed by atoms with Gasteiger partial charge in [-0.25, -0.2) is 0 Å². The summed E-state index contributed by atoms with van der Waals surface area (Å²) in [5.41, 5.74) is 3.50. The lowest BCUT2D eigenvalue weighted by Crippen LogP contribution is -2.63. The Kier molecular flexibility index (Phi) is 5.53. The van der Waals surface area contributed by atoms with Crippen LogP contribution in [0.4, 0.5) is 5.82 Å². The van der Waals surface area contributed by atoms with Gasteiger partial charge in [-0.2, -0.15) is 4.37 Å². The van der Waals surface area contributed by atoms with Gasteiger partial charge < -0.3 is 9.38 Å². The molecule has 31 heavy (non-hydrogen) atoms. The molecule has 0 N–H and O–H groups in total. The SMILES string of the molecule is CC(C)[N+]1(CCc2cc3c(cc2Cl)CC(=O)C3)CCN(c2nsc3ccccc23)CC1. The number of nitrogens with zero attached hydrogens (tertiary/aromatic N) is 3. The monoisotopic (exact) mass is 454 g/mol. The average Bonchev–Trinajstić information content (AvgIpc) is 3.34. The van der Waals surface area contributed by atoms with Crippen LogP contribution in [0.15, 0.2) is 36.4 Å². The minimum atomic E-state index is 0.305. The number of piperazine rings is 1. The van der Waals surface area contributed by atoms with Crippen LogP contribution in [-0.4, -0.2) is 53.4 Å². The van der Waals surface area contributed by atoms with E-state index in [0.29, 0.717) is 24.7 Å². The molecule has 0 spiro atoms. The number of aromatic nitrogens is 1. The number of Topliss-reactive ketones (excluding diaryl/α,β-unsaturated/α-hetero) is 1. The average molecular weight is 455 g/mol. The van der Waals surface area contributed by atoms with Gasteiger partial charge in [0.25, 0.3) is 0 Å². The van der Waals surface area contributed by atoms with Crippen molar-refractivity contribution >= 4 is 44.8 Å². The standard InChI is InChI=1S/C25H29ClN3OS/c1-17(2)29(10-7-18-13-19-14-21(30)15-20(19)16-23(18)26)11-8-28(9-12-29)25-22-5-3-4-6-24(22)31-27-25/h3-6,13,16-17H,7-12,14-15H2,1-2H3/q+1. The smallest absolute Gasteiger partial charge is 0.150 e. The van der Waals surface area contributed by atoms with Gasteiger partial charge in [0.15, 0.2) is 5.82 Å². The fourth-order valence-electron chi connectivity index (χ4n) is 5.24. The molecule has 0 amide bonds. The summed E-state index contributed by atoms with van der Waals surface area (Å²) in [4.78, 5) is 14.3. The first-order chi connectivity index (χ1) is 14.9. The van der Waals surface area contributed by atoms with Crippen molar-refractivity contribution in [3.8, 4) is 0 Å².